The molecule has 0 bridgehead atoms. The van der Waals surface area contributed by atoms with Gasteiger partial charge in [0, 0.05) is 30.5 Å². The maximum atomic E-state index is 12.0. The third kappa shape index (κ3) is 5.26. The number of rotatable bonds is 5. The zero-order valence-corrected chi connectivity index (χ0v) is 15.1. The fourth-order valence-corrected chi connectivity index (χ4v) is 2.80. The van der Waals surface area contributed by atoms with Crippen LogP contribution in [0.15, 0.2) is 54.6 Å². The smallest absolute Gasteiger partial charge is 0.248 e. The first-order chi connectivity index (χ1) is 11.7. The Kier molecular flexibility index (Phi) is 6.90. The lowest BCUT2D eigenvalue weighted by Crippen LogP contribution is -2.17. The lowest BCUT2D eigenvalue weighted by Gasteiger charge is -2.17. The molecule has 25 heavy (non-hydrogen) atoms. The first-order valence-electron chi connectivity index (χ1n) is 8.23. The number of hydrogen-bond donors (Lipinski definition) is 1. The van der Waals surface area contributed by atoms with Crippen LogP contribution in [0.1, 0.15) is 18.4 Å². The molecule has 0 saturated carbocycles. The third-order valence-corrected chi connectivity index (χ3v) is 4.15. The van der Waals surface area contributed by atoms with Crippen molar-refractivity contribution in [2.75, 3.05) is 30.4 Å². The van der Waals surface area contributed by atoms with Gasteiger partial charge in [-0.2, -0.15) is 0 Å². The van der Waals surface area contributed by atoms with Crippen molar-refractivity contribution >= 4 is 35.8 Å². The molecule has 1 saturated heterocycles. The summed E-state index contributed by atoms with van der Waals surface area (Å²) in [6.45, 7) is 2.24. The summed E-state index contributed by atoms with van der Waals surface area (Å²) in [5.74, 6) is 0.662. The molecule has 1 amide bonds. The molecule has 5 heteroatoms. The Bertz CT molecular complexity index is 705. The lowest BCUT2D eigenvalue weighted by atomic mass is 10.2. The third-order valence-electron chi connectivity index (χ3n) is 4.15. The summed E-state index contributed by atoms with van der Waals surface area (Å²) < 4.78 is 5.11. The average Bonchev–Trinajstić information content (AvgIpc) is 3.16. The normalized spacial score (nSPS) is 13.6. The number of benzene rings is 2. The molecule has 0 spiro atoms. The van der Waals surface area contributed by atoms with E-state index in [1.54, 1.807) is 13.2 Å². The van der Waals surface area contributed by atoms with Crippen LogP contribution in [0.4, 0.5) is 11.4 Å². The summed E-state index contributed by atoms with van der Waals surface area (Å²) >= 11 is 0. The number of ether oxygens (including phenoxy) is 1. The number of hydrogen-bond acceptors (Lipinski definition) is 3. The minimum atomic E-state index is -0.139. The van der Waals surface area contributed by atoms with Crippen molar-refractivity contribution in [2.45, 2.75) is 12.8 Å². The van der Waals surface area contributed by atoms with E-state index in [-0.39, 0.29) is 18.3 Å². The van der Waals surface area contributed by atoms with Crippen molar-refractivity contribution in [1.29, 1.82) is 0 Å². The average molecular weight is 359 g/mol. The maximum Gasteiger partial charge on any atom is 0.248 e. The second kappa shape index (κ2) is 9.14. The van der Waals surface area contributed by atoms with Gasteiger partial charge in [-0.1, -0.05) is 12.1 Å². The van der Waals surface area contributed by atoms with Crippen LogP contribution >= 0.6 is 12.4 Å². The van der Waals surface area contributed by atoms with Gasteiger partial charge >= 0.3 is 0 Å². The van der Waals surface area contributed by atoms with E-state index < -0.39 is 0 Å². The van der Waals surface area contributed by atoms with Crippen LogP contribution in [-0.2, 0) is 4.79 Å². The molecular weight excluding hydrogens is 336 g/mol. The van der Waals surface area contributed by atoms with Crippen molar-refractivity contribution in [3.05, 3.63) is 60.2 Å². The van der Waals surface area contributed by atoms with Gasteiger partial charge in [-0.15, -0.1) is 12.4 Å². The quantitative estimate of drug-likeness (QED) is 0.807. The van der Waals surface area contributed by atoms with Crippen LogP contribution < -0.4 is 15.0 Å². The van der Waals surface area contributed by atoms with Gasteiger partial charge in [0.25, 0.3) is 0 Å². The van der Waals surface area contributed by atoms with Crippen LogP contribution in [0.3, 0.4) is 0 Å². The highest BCUT2D eigenvalue weighted by molar-refractivity contribution is 6.02. The molecule has 0 aromatic heterocycles. The number of methoxy groups -OCH3 is 1. The minimum Gasteiger partial charge on any atom is -0.497 e. The zero-order valence-electron chi connectivity index (χ0n) is 14.3. The predicted octanol–water partition coefficient (Wildman–Crippen LogP) is 4.37. The van der Waals surface area contributed by atoms with E-state index in [0.29, 0.717) is 0 Å². The molecule has 3 rings (SSSR count). The van der Waals surface area contributed by atoms with Gasteiger partial charge < -0.3 is 15.0 Å². The number of nitrogens with one attached hydrogen (secondary N) is 1. The van der Waals surface area contributed by atoms with Gasteiger partial charge in [0.05, 0.1) is 7.11 Å². The predicted molar refractivity (Wildman–Crippen MR) is 106 cm³/mol. The summed E-state index contributed by atoms with van der Waals surface area (Å²) in [6.07, 6.45) is 5.84. The van der Waals surface area contributed by atoms with Crippen LogP contribution in [0, 0.1) is 0 Å². The van der Waals surface area contributed by atoms with Gasteiger partial charge in [-0.25, -0.2) is 0 Å². The number of carbonyl (C=O) groups is 1. The van der Waals surface area contributed by atoms with Gasteiger partial charge in [0.2, 0.25) is 5.91 Å². The van der Waals surface area contributed by atoms with Crippen LogP contribution in [0.2, 0.25) is 0 Å². The van der Waals surface area contributed by atoms with Gasteiger partial charge in [-0.3, -0.25) is 4.79 Å². The summed E-state index contributed by atoms with van der Waals surface area (Å²) in [5.41, 5.74) is 2.98. The fraction of sp³-hybridized carbons (Fsp3) is 0.250. The van der Waals surface area contributed by atoms with Gasteiger partial charge in [-0.05, 0) is 60.9 Å². The highest BCUT2D eigenvalue weighted by Crippen LogP contribution is 2.22. The Morgan fingerprint density at radius 2 is 1.68 bits per heavy atom. The Morgan fingerprint density at radius 1 is 1.04 bits per heavy atom. The highest BCUT2D eigenvalue weighted by atomic mass is 35.5. The monoisotopic (exact) mass is 358 g/mol. The molecule has 132 valence electrons. The van der Waals surface area contributed by atoms with Crippen molar-refractivity contribution in [3.63, 3.8) is 0 Å². The largest absolute Gasteiger partial charge is 0.497 e. The Labute approximate surface area is 154 Å². The number of anilines is 2. The molecule has 0 radical (unpaired) electrons. The molecule has 0 atom stereocenters. The molecular formula is C20H23ClN2O2. The number of nitrogens with zero attached hydrogens (tertiary/aromatic N) is 1. The molecule has 2 aromatic rings. The molecule has 1 fully saturated rings. The fourth-order valence-electron chi connectivity index (χ4n) is 2.80. The van der Waals surface area contributed by atoms with E-state index in [4.69, 9.17) is 4.74 Å². The lowest BCUT2D eigenvalue weighted by molar-refractivity contribution is -0.111. The molecule has 1 N–H and O–H groups in total. The molecule has 1 aliphatic heterocycles. The van der Waals surface area contributed by atoms with E-state index >= 15 is 0 Å². The summed E-state index contributed by atoms with van der Waals surface area (Å²) in [5, 5.41) is 2.88. The zero-order chi connectivity index (χ0) is 16.8. The van der Waals surface area contributed by atoms with Crippen LogP contribution in [0.25, 0.3) is 6.08 Å². The van der Waals surface area contributed by atoms with E-state index in [0.717, 1.165) is 30.1 Å². The SMILES string of the molecule is COc1ccc(/C=C/C(=O)Nc2ccc(N3CCCC3)cc2)cc1.Cl. The molecule has 1 aliphatic rings. The maximum absolute atomic E-state index is 12.0. The molecule has 2 aromatic carbocycles. The Hall–Kier alpha value is -2.46. The van der Waals surface area contributed by atoms with Crippen molar-refractivity contribution in [1.82, 2.24) is 0 Å². The number of halogens is 1. The first-order valence-corrected chi connectivity index (χ1v) is 8.23. The van der Waals surface area contributed by atoms with Crippen LogP contribution in [-0.4, -0.2) is 26.1 Å². The second-order valence-electron chi connectivity index (χ2n) is 5.84. The van der Waals surface area contributed by atoms with Gasteiger partial charge in [0.1, 0.15) is 5.75 Å². The van der Waals surface area contributed by atoms with E-state index in [1.807, 2.05) is 36.4 Å². The van der Waals surface area contributed by atoms with E-state index in [9.17, 15) is 4.79 Å². The summed E-state index contributed by atoms with van der Waals surface area (Å²) in [6, 6.07) is 15.6. The van der Waals surface area contributed by atoms with Crippen molar-refractivity contribution < 1.29 is 9.53 Å². The topological polar surface area (TPSA) is 41.6 Å². The number of carbonyl (C=O) groups excluding carboxylic acids is 1. The molecule has 1 heterocycles. The molecule has 0 aliphatic carbocycles. The van der Waals surface area contributed by atoms with Crippen molar-refractivity contribution in [2.24, 2.45) is 0 Å². The standard InChI is InChI=1S/C20H22N2O2.ClH/c1-24-19-11-4-16(5-12-19)6-13-20(23)21-17-7-9-18(10-8-17)22-14-2-3-15-22;/h4-13H,2-3,14-15H2,1H3,(H,21,23);1H/b13-6+;. The molecule has 0 unspecified atom stereocenters. The first kappa shape index (κ1) is 18.9. The Balaban J connectivity index is 0.00000225. The number of amides is 1. The molecule has 4 nitrogen and oxygen atoms in total. The van der Waals surface area contributed by atoms with Gasteiger partial charge in [0.15, 0.2) is 0 Å². The van der Waals surface area contributed by atoms with Crippen molar-refractivity contribution in [3.8, 4) is 5.75 Å². The Morgan fingerprint density at radius 3 is 2.28 bits per heavy atom. The highest BCUT2D eigenvalue weighted by Gasteiger charge is 2.11. The van der Waals surface area contributed by atoms with E-state index in [1.165, 1.54) is 24.6 Å². The summed E-state index contributed by atoms with van der Waals surface area (Å²) in [7, 11) is 1.63. The summed E-state index contributed by atoms with van der Waals surface area (Å²) in [4.78, 5) is 14.4. The second-order valence-corrected chi connectivity index (χ2v) is 5.84. The van der Waals surface area contributed by atoms with Crippen LogP contribution in [0.5, 0.6) is 5.75 Å². The minimum absolute atomic E-state index is 0. The van der Waals surface area contributed by atoms with E-state index in [2.05, 4.69) is 22.3 Å².